The molecule has 22 heavy (non-hydrogen) atoms. The number of carboxylic acid groups (broad SMARTS) is 2. The van der Waals surface area contributed by atoms with Crippen molar-refractivity contribution >= 4 is 23.3 Å². The van der Waals surface area contributed by atoms with Crippen molar-refractivity contribution in [2.75, 3.05) is 25.1 Å². The van der Waals surface area contributed by atoms with Gasteiger partial charge in [-0.2, -0.15) is 0 Å². The van der Waals surface area contributed by atoms with E-state index >= 15 is 0 Å². The first kappa shape index (κ1) is 17.2. The van der Waals surface area contributed by atoms with Crippen molar-refractivity contribution in [1.82, 2.24) is 0 Å². The zero-order valence-corrected chi connectivity index (χ0v) is 11.8. The Kier molecular flexibility index (Phi) is 6.11. The van der Waals surface area contributed by atoms with Crippen molar-refractivity contribution in [2.45, 2.75) is 12.8 Å². The molecule has 1 rings (SSSR count). The Bertz CT molecular complexity index is 556. The first-order chi connectivity index (χ1) is 10.3. The van der Waals surface area contributed by atoms with Crippen molar-refractivity contribution in [2.24, 2.45) is 0 Å². The third-order valence-corrected chi connectivity index (χ3v) is 2.89. The topological polar surface area (TPSA) is 136 Å². The normalized spacial score (nSPS) is 10.0. The van der Waals surface area contributed by atoms with Gasteiger partial charge in [0, 0.05) is 50.0 Å². The average Bonchev–Trinajstić information content (AvgIpc) is 2.46. The summed E-state index contributed by atoms with van der Waals surface area (Å²) in [6.45, 7) is -0.152. The Morgan fingerprint density at radius 1 is 1.18 bits per heavy atom. The fourth-order valence-corrected chi connectivity index (χ4v) is 1.84. The highest BCUT2D eigenvalue weighted by Crippen LogP contribution is 2.32. The minimum atomic E-state index is -1.32. The van der Waals surface area contributed by atoms with E-state index in [4.69, 9.17) is 4.74 Å². The van der Waals surface area contributed by atoms with Crippen LogP contribution in [0.4, 0.5) is 11.4 Å². The number of hydrogen-bond acceptors (Lipinski definition) is 8. The second-order valence-corrected chi connectivity index (χ2v) is 4.34. The van der Waals surface area contributed by atoms with E-state index in [1.54, 1.807) is 0 Å². The number of nitro benzene ring substituents is 1. The number of ether oxygens (including phenoxy) is 1. The summed E-state index contributed by atoms with van der Waals surface area (Å²) in [6, 6.07) is 3.79. The van der Waals surface area contributed by atoms with E-state index in [9.17, 15) is 29.9 Å². The SMILES string of the molecule is COc1ccc([N+](=O)[O-])cc1N(CCC(=O)[O-])CCC(=O)[O-]. The van der Waals surface area contributed by atoms with Crippen molar-refractivity contribution in [3.05, 3.63) is 28.3 Å². The molecule has 0 radical (unpaired) electrons. The van der Waals surface area contributed by atoms with E-state index in [0.717, 1.165) is 0 Å². The second kappa shape index (κ2) is 7.81. The third-order valence-electron chi connectivity index (χ3n) is 2.89. The summed E-state index contributed by atoms with van der Waals surface area (Å²) in [6.07, 6.45) is -0.724. The van der Waals surface area contributed by atoms with E-state index in [-0.39, 0.29) is 43.1 Å². The summed E-state index contributed by atoms with van der Waals surface area (Å²) < 4.78 is 5.08. The van der Waals surface area contributed by atoms with Crippen molar-refractivity contribution in [3.8, 4) is 5.75 Å². The van der Waals surface area contributed by atoms with Crippen LogP contribution < -0.4 is 19.8 Å². The van der Waals surface area contributed by atoms with Gasteiger partial charge in [0.05, 0.1) is 17.7 Å². The molecule has 0 N–H and O–H groups in total. The van der Waals surface area contributed by atoms with Gasteiger partial charge in [0.2, 0.25) is 0 Å². The number of benzene rings is 1. The van der Waals surface area contributed by atoms with Crippen molar-refractivity contribution in [1.29, 1.82) is 0 Å². The predicted molar refractivity (Wildman–Crippen MR) is 71.1 cm³/mol. The Morgan fingerprint density at radius 3 is 2.14 bits per heavy atom. The summed E-state index contributed by atoms with van der Waals surface area (Å²) >= 11 is 0. The van der Waals surface area contributed by atoms with Crippen LogP contribution in [0.25, 0.3) is 0 Å². The highest BCUT2D eigenvalue weighted by Gasteiger charge is 2.17. The van der Waals surface area contributed by atoms with E-state index < -0.39 is 16.9 Å². The number of rotatable bonds is 9. The van der Waals surface area contributed by atoms with Gasteiger partial charge >= 0.3 is 0 Å². The third kappa shape index (κ3) is 4.93. The molecule has 0 aliphatic rings. The number of hydrogen-bond donors (Lipinski definition) is 0. The van der Waals surface area contributed by atoms with Crippen LogP contribution in [-0.2, 0) is 9.59 Å². The lowest BCUT2D eigenvalue weighted by molar-refractivity contribution is -0.384. The van der Waals surface area contributed by atoms with Crippen LogP contribution >= 0.6 is 0 Å². The first-order valence-electron chi connectivity index (χ1n) is 6.32. The maximum absolute atomic E-state index is 10.8. The number of methoxy groups -OCH3 is 1. The van der Waals surface area contributed by atoms with Gasteiger partial charge in [-0.25, -0.2) is 0 Å². The molecule has 0 atom stereocenters. The van der Waals surface area contributed by atoms with E-state index in [1.807, 2.05) is 0 Å². The Balaban J connectivity index is 3.13. The largest absolute Gasteiger partial charge is 0.550 e. The summed E-state index contributed by atoms with van der Waals surface area (Å²) in [5.41, 5.74) is 0.0156. The molecule has 0 heterocycles. The summed E-state index contributed by atoms with van der Waals surface area (Å²) in [4.78, 5) is 32.8. The fourth-order valence-electron chi connectivity index (χ4n) is 1.84. The highest BCUT2D eigenvalue weighted by molar-refractivity contribution is 5.69. The fraction of sp³-hybridized carbons (Fsp3) is 0.385. The molecule has 120 valence electrons. The molecule has 0 aliphatic heterocycles. The molecular weight excluding hydrogens is 296 g/mol. The van der Waals surface area contributed by atoms with Crippen molar-refractivity contribution < 1.29 is 29.5 Å². The molecule has 0 bridgehead atoms. The number of aliphatic carboxylic acids is 2. The van der Waals surface area contributed by atoms with Gasteiger partial charge in [-0.05, 0) is 6.07 Å². The van der Waals surface area contributed by atoms with Crippen LogP contribution in [-0.4, -0.2) is 37.1 Å². The van der Waals surface area contributed by atoms with Crippen LogP contribution in [0.15, 0.2) is 18.2 Å². The number of anilines is 1. The van der Waals surface area contributed by atoms with Crippen LogP contribution in [0.5, 0.6) is 5.75 Å². The average molecular weight is 310 g/mol. The molecule has 0 amide bonds. The van der Waals surface area contributed by atoms with E-state index in [1.165, 1.54) is 30.2 Å². The van der Waals surface area contributed by atoms with Crippen molar-refractivity contribution in [3.63, 3.8) is 0 Å². The minimum absolute atomic E-state index is 0.0762. The van der Waals surface area contributed by atoms with Gasteiger partial charge in [0.25, 0.3) is 5.69 Å². The maximum atomic E-state index is 10.8. The lowest BCUT2D eigenvalue weighted by Crippen LogP contribution is -2.35. The predicted octanol–water partition coefficient (Wildman–Crippen LogP) is -1.31. The number of non-ortho nitro benzene ring substituents is 1. The molecule has 0 aromatic heterocycles. The van der Waals surface area contributed by atoms with E-state index in [2.05, 4.69) is 0 Å². The zero-order valence-electron chi connectivity index (χ0n) is 11.8. The molecule has 0 aliphatic carbocycles. The molecule has 0 saturated heterocycles. The van der Waals surface area contributed by atoms with Crippen LogP contribution in [0.2, 0.25) is 0 Å². The summed E-state index contributed by atoms with van der Waals surface area (Å²) in [5, 5.41) is 32.0. The lowest BCUT2D eigenvalue weighted by atomic mass is 10.2. The van der Waals surface area contributed by atoms with E-state index in [0.29, 0.717) is 0 Å². The van der Waals surface area contributed by atoms with Gasteiger partial charge in [-0.1, -0.05) is 0 Å². The maximum Gasteiger partial charge on any atom is 0.271 e. The number of carboxylic acids is 2. The highest BCUT2D eigenvalue weighted by atomic mass is 16.6. The molecular formula is C13H14N2O7-2. The van der Waals surface area contributed by atoms with Crippen LogP contribution in [0.1, 0.15) is 12.8 Å². The molecule has 0 unspecified atom stereocenters. The molecule has 9 nitrogen and oxygen atoms in total. The summed E-state index contributed by atoms with van der Waals surface area (Å²) in [7, 11) is 1.35. The monoisotopic (exact) mass is 310 g/mol. The minimum Gasteiger partial charge on any atom is -0.550 e. The van der Waals surface area contributed by atoms with Gasteiger partial charge in [-0.3, -0.25) is 10.1 Å². The quantitative estimate of drug-likeness (QED) is 0.405. The Morgan fingerprint density at radius 2 is 1.73 bits per heavy atom. The van der Waals surface area contributed by atoms with Gasteiger partial charge < -0.3 is 29.4 Å². The van der Waals surface area contributed by atoms with Gasteiger partial charge in [0.1, 0.15) is 5.75 Å². The smallest absolute Gasteiger partial charge is 0.271 e. The molecule has 0 spiro atoms. The van der Waals surface area contributed by atoms with Gasteiger partial charge in [-0.15, -0.1) is 0 Å². The van der Waals surface area contributed by atoms with Crippen LogP contribution in [0.3, 0.4) is 0 Å². The zero-order chi connectivity index (χ0) is 16.7. The molecule has 1 aromatic carbocycles. The second-order valence-electron chi connectivity index (χ2n) is 4.34. The van der Waals surface area contributed by atoms with Crippen LogP contribution in [0, 0.1) is 10.1 Å². The Labute approximate surface area is 125 Å². The number of nitro groups is 1. The van der Waals surface area contributed by atoms with Gasteiger partial charge in [0.15, 0.2) is 0 Å². The first-order valence-corrected chi connectivity index (χ1v) is 6.32. The molecule has 0 fully saturated rings. The molecule has 9 heteroatoms. The Hall–Kier alpha value is -2.84. The molecule has 0 saturated carbocycles. The standard InChI is InChI=1S/C13H16N2O7/c1-22-11-3-2-9(15(20)21)8-10(11)14(6-4-12(16)17)7-5-13(18)19/h2-3,8H,4-7H2,1H3,(H,16,17)(H,18,19)/p-2. The molecule has 1 aromatic rings. The lowest BCUT2D eigenvalue weighted by Gasteiger charge is -2.26. The number of carbonyl (C=O) groups is 2. The number of nitrogens with zero attached hydrogens (tertiary/aromatic N) is 2. The summed E-state index contributed by atoms with van der Waals surface area (Å²) in [5.74, 6) is -2.37. The number of carbonyl (C=O) groups excluding carboxylic acids is 2.